The van der Waals surface area contributed by atoms with E-state index in [0.29, 0.717) is 29.5 Å². The van der Waals surface area contributed by atoms with Crippen LogP contribution in [0.1, 0.15) is 30.1 Å². The van der Waals surface area contributed by atoms with Gasteiger partial charge in [-0.1, -0.05) is 0 Å². The first-order valence-corrected chi connectivity index (χ1v) is 7.44. The second-order valence-electron chi connectivity index (χ2n) is 5.54. The molecular weight excluding hydrogens is 360 g/mol. The highest BCUT2D eigenvalue weighted by molar-refractivity contribution is 9.10. The van der Waals surface area contributed by atoms with E-state index in [-0.39, 0.29) is 30.6 Å². The predicted octanol–water partition coefficient (Wildman–Crippen LogP) is 2.46. The molecule has 0 saturated heterocycles. The third kappa shape index (κ3) is 3.12. The Kier molecular flexibility index (Phi) is 4.70. The Bertz CT molecular complexity index is 565. The van der Waals surface area contributed by atoms with Gasteiger partial charge in [-0.2, -0.15) is 0 Å². The third-order valence-electron chi connectivity index (χ3n) is 3.99. The van der Waals surface area contributed by atoms with E-state index in [1.54, 1.807) is 12.1 Å². The van der Waals surface area contributed by atoms with E-state index >= 15 is 0 Å². The Morgan fingerprint density at radius 3 is 2.81 bits per heavy atom. The molecule has 1 aliphatic heterocycles. The van der Waals surface area contributed by atoms with Crippen molar-refractivity contribution in [2.75, 3.05) is 13.3 Å². The Balaban J connectivity index is 0.00000161. The number of rotatable bonds is 4. The molecule has 0 bridgehead atoms. The maximum atomic E-state index is 12.4. The van der Waals surface area contributed by atoms with E-state index in [1.807, 2.05) is 6.92 Å². The maximum absolute atomic E-state index is 12.4. The SMILES string of the molecule is CC(CN)(NC(=O)c1cc(Br)c2c(c1)OCO2)C1CC1.Cl. The van der Waals surface area contributed by atoms with Crippen LogP contribution in [0.25, 0.3) is 0 Å². The van der Waals surface area contributed by atoms with Crippen molar-refractivity contribution >= 4 is 34.2 Å². The van der Waals surface area contributed by atoms with Gasteiger partial charge in [0.15, 0.2) is 11.5 Å². The van der Waals surface area contributed by atoms with Crippen LogP contribution in [0.4, 0.5) is 0 Å². The summed E-state index contributed by atoms with van der Waals surface area (Å²) >= 11 is 3.39. The lowest BCUT2D eigenvalue weighted by atomic mass is 9.95. The van der Waals surface area contributed by atoms with Gasteiger partial charge in [-0.05, 0) is 53.7 Å². The molecule has 21 heavy (non-hydrogen) atoms. The van der Waals surface area contributed by atoms with Gasteiger partial charge >= 0.3 is 0 Å². The molecule has 1 heterocycles. The standard InChI is InChI=1S/C14H17BrN2O3.ClH/c1-14(6-16,9-2-3-9)17-13(18)8-4-10(15)12-11(5-8)19-7-20-12;/h4-5,9H,2-3,6-7,16H2,1H3,(H,17,18);1H. The first-order chi connectivity index (χ1) is 9.53. The summed E-state index contributed by atoms with van der Waals surface area (Å²) < 4.78 is 11.4. The van der Waals surface area contributed by atoms with Crippen molar-refractivity contribution < 1.29 is 14.3 Å². The molecular formula is C14H18BrClN2O3. The minimum absolute atomic E-state index is 0. The Morgan fingerprint density at radius 1 is 1.48 bits per heavy atom. The minimum Gasteiger partial charge on any atom is -0.454 e. The van der Waals surface area contributed by atoms with Crippen LogP contribution in [-0.4, -0.2) is 24.8 Å². The van der Waals surface area contributed by atoms with Crippen LogP contribution in [-0.2, 0) is 0 Å². The zero-order valence-electron chi connectivity index (χ0n) is 11.6. The summed E-state index contributed by atoms with van der Waals surface area (Å²) in [7, 11) is 0. The molecule has 5 nitrogen and oxygen atoms in total. The molecule has 1 fully saturated rings. The summed E-state index contributed by atoms with van der Waals surface area (Å²) in [6.45, 7) is 2.63. The van der Waals surface area contributed by atoms with Crippen molar-refractivity contribution in [3.8, 4) is 11.5 Å². The minimum atomic E-state index is -0.333. The van der Waals surface area contributed by atoms with E-state index < -0.39 is 0 Å². The number of nitrogens with two attached hydrogens (primary N) is 1. The van der Waals surface area contributed by atoms with Gasteiger partial charge in [0, 0.05) is 12.1 Å². The normalized spacial score (nSPS) is 18.6. The third-order valence-corrected chi connectivity index (χ3v) is 4.58. The first kappa shape index (κ1) is 16.4. The van der Waals surface area contributed by atoms with Gasteiger partial charge < -0.3 is 20.5 Å². The number of ether oxygens (including phenoxy) is 2. The average molecular weight is 378 g/mol. The van der Waals surface area contributed by atoms with Crippen molar-refractivity contribution in [1.29, 1.82) is 0 Å². The first-order valence-electron chi connectivity index (χ1n) is 6.65. The van der Waals surface area contributed by atoms with Crippen LogP contribution in [0.3, 0.4) is 0 Å². The molecule has 0 radical (unpaired) electrons. The maximum Gasteiger partial charge on any atom is 0.251 e. The average Bonchev–Trinajstić information content (AvgIpc) is 3.18. The van der Waals surface area contributed by atoms with E-state index in [2.05, 4.69) is 21.2 Å². The van der Waals surface area contributed by atoms with Crippen LogP contribution in [0, 0.1) is 5.92 Å². The zero-order valence-corrected chi connectivity index (χ0v) is 14.1. The zero-order chi connectivity index (χ0) is 14.3. The van der Waals surface area contributed by atoms with E-state index in [9.17, 15) is 4.79 Å². The number of amides is 1. The summed E-state index contributed by atoms with van der Waals surface area (Å²) in [5.41, 5.74) is 6.04. The van der Waals surface area contributed by atoms with Gasteiger partial charge in [-0.25, -0.2) is 0 Å². The van der Waals surface area contributed by atoms with Crippen LogP contribution in [0.15, 0.2) is 16.6 Å². The molecule has 1 aromatic carbocycles. The number of carbonyl (C=O) groups excluding carboxylic acids is 1. The largest absolute Gasteiger partial charge is 0.454 e. The highest BCUT2D eigenvalue weighted by Crippen LogP contribution is 2.41. The molecule has 0 aromatic heterocycles. The summed E-state index contributed by atoms with van der Waals surface area (Å²) in [6.07, 6.45) is 2.25. The van der Waals surface area contributed by atoms with Gasteiger partial charge in [0.25, 0.3) is 5.91 Å². The van der Waals surface area contributed by atoms with Crippen LogP contribution in [0.2, 0.25) is 0 Å². The number of benzene rings is 1. The van der Waals surface area contributed by atoms with Gasteiger partial charge in [0.2, 0.25) is 6.79 Å². The molecule has 1 saturated carbocycles. The van der Waals surface area contributed by atoms with Crippen LogP contribution >= 0.6 is 28.3 Å². The van der Waals surface area contributed by atoms with Gasteiger partial charge in [0.1, 0.15) is 0 Å². The summed E-state index contributed by atoms with van der Waals surface area (Å²) in [4.78, 5) is 12.4. The van der Waals surface area contributed by atoms with Crippen LogP contribution < -0.4 is 20.5 Å². The van der Waals surface area contributed by atoms with E-state index in [4.69, 9.17) is 15.2 Å². The van der Waals surface area contributed by atoms with Crippen molar-refractivity contribution in [3.05, 3.63) is 22.2 Å². The summed E-state index contributed by atoms with van der Waals surface area (Å²) in [6, 6.07) is 3.44. The van der Waals surface area contributed by atoms with Gasteiger partial charge in [0.05, 0.1) is 10.0 Å². The molecule has 116 valence electrons. The lowest BCUT2D eigenvalue weighted by Gasteiger charge is -2.29. The fraction of sp³-hybridized carbons (Fsp3) is 0.500. The summed E-state index contributed by atoms with van der Waals surface area (Å²) in [5, 5.41) is 3.06. The molecule has 1 aromatic rings. The number of fused-ring (bicyclic) bond motifs is 1. The molecule has 1 unspecified atom stereocenters. The second kappa shape index (κ2) is 6.02. The molecule has 1 aliphatic carbocycles. The molecule has 2 aliphatic rings. The lowest BCUT2D eigenvalue weighted by Crippen LogP contribution is -2.53. The second-order valence-corrected chi connectivity index (χ2v) is 6.40. The van der Waals surface area contributed by atoms with E-state index in [0.717, 1.165) is 17.3 Å². The molecule has 3 N–H and O–H groups in total. The van der Waals surface area contributed by atoms with Crippen molar-refractivity contribution in [2.24, 2.45) is 11.7 Å². The quantitative estimate of drug-likeness (QED) is 0.845. The molecule has 7 heteroatoms. The number of carbonyl (C=O) groups is 1. The monoisotopic (exact) mass is 376 g/mol. The molecule has 0 spiro atoms. The fourth-order valence-electron chi connectivity index (χ4n) is 2.47. The predicted molar refractivity (Wildman–Crippen MR) is 85.2 cm³/mol. The van der Waals surface area contributed by atoms with Crippen molar-refractivity contribution in [1.82, 2.24) is 5.32 Å². The number of hydrogen-bond donors (Lipinski definition) is 2. The molecule has 3 rings (SSSR count). The lowest BCUT2D eigenvalue weighted by molar-refractivity contribution is 0.0897. The smallest absolute Gasteiger partial charge is 0.251 e. The number of hydrogen-bond acceptors (Lipinski definition) is 4. The Hall–Kier alpha value is -0.980. The van der Waals surface area contributed by atoms with Crippen molar-refractivity contribution in [2.45, 2.75) is 25.3 Å². The van der Waals surface area contributed by atoms with E-state index in [1.165, 1.54) is 0 Å². The highest BCUT2D eigenvalue weighted by Gasteiger charge is 2.41. The molecule has 1 atom stereocenters. The van der Waals surface area contributed by atoms with Crippen LogP contribution in [0.5, 0.6) is 11.5 Å². The van der Waals surface area contributed by atoms with Gasteiger partial charge in [-0.3, -0.25) is 4.79 Å². The summed E-state index contributed by atoms with van der Waals surface area (Å²) in [5.74, 6) is 1.58. The Morgan fingerprint density at radius 2 is 2.19 bits per heavy atom. The van der Waals surface area contributed by atoms with Gasteiger partial charge in [-0.15, -0.1) is 12.4 Å². The topological polar surface area (TPSA) is 73.6 Å². The fourth-order valence-corrected chi connectivity index (χ4v) is 3.03. The number of nitrogens with one attached hydrogen (secondary N) is 1. The molecule has 1 amide bonds. The number of halogens is 2. The Labute approximate surface area is 138 Å². The van der Waals surface area contributed by atoms with Crippen molar-refractivity contribution in [3.63, 3.8) is 0 Å². The highest BCUT2D eigenvalue weighted by atomic mass is 79.9.